The average molecular weight is 128 g/mol. The van der Waals surface area contributed by atoms with E-state index < -0.39 is 0 Å². The van der Waals surface area contributed by atoms with E-state index in [1.54, 1.807) is 6.92 Å². The maximum atomic E-state index is 10.8. The van der Waals surface area contributed by atoms with E-state index in [-0.39, 0.29) is 17.8 Å². The number of hydrogen-bond donors (Lipinski definition) is 0. The maximum absolute atomic E-state index is 10.8. The second-order valence-electron chi connectivity index (χ2n) is 2.58. The van der Waals surface area contributed by atoms with Gasteiger partial charge in [0, 0.05) is 12.5 Å². The largest absolute Gasteiger partial charge is 0.378 e. The Kier molecular flexibility index (Phi) is 1.86. The van der Waals surface area contributed by atoms with E-state index in [0.29, 0.717) is 0 Å². The summed E-state index contributed by atoms with van der Waals surface area (Å²) in [5.41, 5.74) is 0. The van der Waals surface area contributed by atoms with E-state index in [1.807, 2.05) is 6.92 Å². The molecule has 0 aromatic rings. The van der Waals surface area contributed by atoms with Gasteiger partial charge in [-0.3, -0.25) is 4.79 Å². The van der Waals surface area contributed by atoms with Crippen molar-refractivity contribution in [3.63, 3.8) is 0 Å². The molecule has 0 aromatic carbocycles. The molecule has 0 aromatic heterocycles. The summed E-state index contributed by atoms with van der Waals surface area (Å²) >= 11 is 0. The van der Waals surface area contributed by atoms with Crippen LogP contribution in [0.5, 0.6) is 0 Å². The smallest absolute Gasteiger partial charge is 0.135 e. The summed E-state index contributed by atoms with van der Waals surface area (Å²) in [5, 5.41) is 0. The van der Waals surface area contributed by atoms with Crippen LogP contribution >= 0.6 is 0 Å². The van der Waals surface area contributed by atoms with E-state index in [0.717, 1.165) is 13.0 Å². The Hall–Kier alpha value is -0.370. The van der Waals surface area contributed by atoms with E-state index >= 15 is 0 Å². The van der Waals surface area contributed by atoms with Gasteiger partial charge in [0.2, 0.25) is 0 Å². The van der Waals surface area contributed by atoms with Crippen molar-refractivity contribution in [3.8, 4) is 0 Å². The Bertz CT molecular complexity index is 120. The Morgan fingerprint density at radius 2 is 2.33 bits per heavy atom. The fraction of sp³-hybridized carbons (Fsp3) is 0.857. The van der Waals surface area contributed by atoms with Gasteiger partial charge in [0.05, 0.1) is 6.10 Å². The number of hydrogen-bond acceptors (Lipinski definition) is 2. The highest BCUT2D eigenvalue weighted by molar-refractivity contribution is 5.79. The summed E-state index contributed by atoms with van der Waals surface area (Å²) in [7, 11) is 0. The van der Waals surface area contributed by atoms with Crippen molar-refractivity contribution < 1.29 is 9.53 Å². The lowest BCUT2D eigenvalue weighted by Crippen LogP contribution is -2.18. The normalized spacial score (nSPS) is 34.9. The van der Waals surface area contributed by atoms with Crippen LogP contribution in [0.4, 0.5) is 0 Å². The third-order valence-corrected chi connectivity index (χ3v) is 1.90. The molecule has 1 rings (SSSR count). The third-order valence-electron chi connectivity index (χ3n) is 1.90. The Morgan fingerprint density at radius 1 is 1.67 bits per heavy atom. The zero-order valence-corrected chi connectivity index (χ0v) is 5.89. The van der Waals surface area contributed by atoms with Crippen molar-refractivity contribution in [2.45, 2.75) is 26.4 Å². The molecule has 1 saturated heterocycles. The predicted molar refractivity (Wildman–Crippen MR) is 34.2 cm³/mol. The van der Waals surface area contributed by atoms with Gasteiger partial charge in [0.1, 0.15) is 5.78 Å². The number of ether oxygens (including phenoxy) is 1. The third kappa shape index (κ3) is 1.30. The molecule has 0 N–H and O–H groups in total. The Morgan fingerprint density at radius 3 is 2.56 bits per heavy atom. The zero-order chi connectivity index (χ0) is 6.85. The van der Waals surface area contributed by atoms with Gasteiger partial charge in [-0.15, -0.1) is 0 Å². The van der Waals surface area contributed by atoms with Crippen molar-refractivity contribution in [2.24, 2.45) is 5.92 Å². The van der Waals surface area contributed by atoms with Gasteiger partial charge >= 0.3 is 0 Å². The molecule has 2 heteroatoms. The van der Waals surface area contributed by atoms with Gasteiger partial charge in [-0.1, -0.05) is 0 Å². The molecule has 52 valence electrons. The minimum Gasteiger partial charge on any atom is -0.378 e. The first-order valence-corrected chi connectivity index (χ1v) is 3.34. The minimum absolute atomic E-state index is 0.155. The van der Waals surface area contributed by atoms with Gasteiger partial charge < -0.3 is 4.74 Å². The average Bonchev–Trinajstić information content (AvgIpc) is 2.13. The molecule has 9 heavy (non-hydrogen) atoms. The lowest BCUT2D eigenvalue weighted by atomic mass is 9.99. The first-order valence-electron chi connectivity index (χ1n) is 3.34. The number of carbonyl (C=O) groups excluding carboxylic acids is 1. The second kappa shape index (κ2) is 2.48. The summed E-state index contributed by atoms with van der Waals surface area (Å²) in [5.74, 6) is 0.435. The molecule has 0 saturated carbocycles. The van der Waals surface area contributed by atoms with Gasteiger partial charge in [-0.05, 0) is 20.3 Å². The van der Waals surface area contributed by atoms with Crippen molar-refractivity contribution in [1.29, 1.82) is 0 Å². The molecule has 0 spiro atoms. The van der Waals surface area contributed by atoms with E-state index in [4.69, 9.17) is 4.74 Å². The van der Waals surface area contributed by atoms with Crippen molar-refractivity contribution in [3.05, 3.63) is 0 Å². The van der Waals surface area contributed by atoms with Crippen LogP contribution in [0.2, 0.25) is 0 Å². The van der Waals surface area contributed by atoms with Crippen LogP contribution in [0.3, 0.4) is 0 Å². The topological polar surface area (TPSA) is 26.3 Å². The van der Waals surface area contributed by atoms with Crippen LogP contribution in [0.1, 0.15) is 20.3 Å². The Balaban J connectivity index is 2.49. The molecule has 1 fully saturated rings. The lowest BCUT2D eigenvalue weighted by molar-refractivity contribution is -0.122. The molecule has 2 nitrogen and oxygen atoms in total. The highest BCUT2D eigenvalue weighted by Gasteiger charge is 2.27. The molecule has 0 aliphatic carbocycles. The molecule has 0 radical (unpaired) electrons. The highest BCUT2D eigenvalue weighted by atomic mass is 16.5. The van der Waals surface area contributed by atoms with Crippen LogP contribution < -0.4 is 0 Å². The molecule has 0 unspecified atom stereocenters. The van der Waals surface area contributed by atoms with Crippen LogP contribution in [-0.4, -0.2) is 18.5 Å². The van der Waals surface area contributed by atoms with Gasteiger partial charge in [-0.2, -0.15) is 0 Å². The summed E-state index contributed by atoms with van der Waals surface area (Å²) in [4.78, 5) is 10.8. The molecule has 0 amide bonds. The van der Waals surface area contributed by atoms with E-state index in [1.165, 1.54) is 0 Å². The predicted octanol–water partition coefficient (Wildman–Crippen LogP) is 1.00. The van der Waals surface area contributed by atoms with Crippen LogP contribution in [-0.2, 0) is 9.53 Å². The monoisotopic (exact) mass is 128 g/mol. The first kappa shape index (κ1) is 6.75. The maximum Gasteiger partial charge on any atom is 0.135 e. The van der Waals surface area contributed by atoms with Gasteiger partial charge in [0.25, 0.3) is 0 Å². The van der Waals surface area contributed by atoms with E-state index in [2.05, 4.69) is 0 Å². The number of Topliss-reactive ketones (excluding diaryl/α,β-unsaturated/α-hetero) is 1. The number of carbonyl (C=O) groups is 1. The fourth-order valence-electron chi connectivity index (χ4n) is 1.27. The standard InChI is InChI=1S/C7H12O2/c1-5(8)7-3-4-9-6(7)2/h6-7H,3-4H2,1-2H3/t6-,7+/m0/s1. The molecule has 2 atom stereocenters. The van der Waals surface area contributed by atoms with Crippen molar-refractivity contribution in [2.75, 3.05) is 6.61 Å². The number of ketones is 1. The number of rotatable bonds is 1. The lowest BCUT2D eigenvalue weighted by Gasteiger charge is -2.08. The summed E-state index contributed by atoms with van der Waals surface area (Å²) < 4.78 is 5.21. The minimum atomic E-state index is 0.155. The Labute approximate surface area is 55.2 Å². The summed E-state index contributed by atoms with van der Waals surface area (Å²) in [6.07, 6.45) is 1.07. The quantitative estimate of drug-likeness (QED) is 0.526. The molecular weight excluding hydrogens is 116 g/mol. The summed E-state index contributed by atoms with van der Waals surface area (Å²) in [6.45, 7) is 4.35. The molecular formula is C7H12O2. The first-order chi connectivity index (χ1) is 4.22. The van der Waals surface area contributed by atoms with Crippen molar-refractivity contribution >= 4 is 5.78 Å². The molecule has 1 aliphatic rings. The van der Waals surface area contributed by atoms with Crippen LogP contribution in [0.25, 0.3) is 0 Å². The van der Waals surface area contributed by atoms with Crippen molar-refractivity contribution in [1.82, 2.24) is 0 Å². The van der Waals surface area contributed by atoms with Gasteiger partial charge in [0.15, 0.2) is 0 Å². The molecule has 1 aliphatic heterocycles. The zero-order valence-electron chi connectivity index (χ0n) is 5.89. The second-order valence-corrected chi connectivity index (χ2v) is 2.58. The van der Waals surface area contributed by atoms with E-state index in [9.17, 15) is 4.79 Å². The van der Waals surface area contributed by atoms with Crippen LogP contribution in [0.15, 0.2) is 0 Å². The highest BCUT2D eigenvalue weighted by Crippen LogP contribution is 2.20. The fourth-order valence-corrected chi connectivity index (χ4v) is 1.27. The van der Waals surface area contributed by atoms with Crippen LogP contribution in [0, 0.1) is 5.92 Å². The van der Waals surface area contributed by atoms with Gasteiger partial charge in [-0.25, -0.2) is 0 Å². The molecule has 1 heterocycles. The molecule has 0 bridgehead atoms. The SMILES string of the molecule is CC(=O)[C@H]1CCO[C@H]1C. The summed E-state index contributed by atoms with van der Waals surface area (Å²) in [6, 6.07) is 0.